The first kappa shape index (κ1) is 29.4. The molecule has 1 saturated heterocycles. The van der Waals surface area contributed by atoms with E-state index in [1.54, 1.807) is 13.8 Å². The van der Waals surface area contributed by atoms with Crippen LogP contribution in [-0.4, -0.2) is 58.9 Å². The van der Waals surface area contributed by atoms with E-state index in [0.717, 1.165) is 4.90 Å². The first-order chi connectivity index (χ1) is 18.5. The quantitative estimate of drug-likeness (QED) is 0.547. The van der Waals surface area contributed by atoms with Crippen molar-refractivity contribution >= 4 is 17.7 Å². The van der Waals surface area contributed by atoms with E-state index in [4.69, 9.17) is 10.5 Å². The molecule has 1 fully saturated rings. The number of amides is 3. The minimum atomic E-state index is -5.18. The molecule has 40 heavy (non-hydrogen) atoms. The number of carbonyl (C=O) groups excluding carboxylic acids is 3. The Morgan fingerprint density at radius 2 is 1.48 bits per heavy atom. The summed E-state index contributed by atoms with van der Waals surface area (Å²) in [5.41, 5.74) is 1.76. The molecule has 2 aromatic rings. The molecular formula is C27H27F6N3O4. The highest BCUT2D eigenvalue weighted by Crippen LogP contribution is 2.47. The predicted octanol–water partition coefficient (Wildman–Crippen LogP) is 4.51. The molecule has 0 aliphatic carbocycles. The number of hydrogen-bond acceptors (Lipinski definition) is 4. The fourth-order valence-electron chi connectivity index (χ4n) is 5.48. The predicted molar refractivity (Wildman–Crippen MR) is 130 cm³/mol. The summed E-state index contributed by atoms with van der Waals surface area (Å²) < 4.78 is 88.5. The maximum atomic E-state index is 14.3. The molecular weight excluding hydrogens is 544 g/mol. The number of benzene rings is 2. The van der Waals surface area contributed by atoms with Gasteiger partial charge in [-0.2, -0.15) is 26.3 Å². The van der Waals surface area contributed by atoms with Crippen LogP contribution in [0.5, 0.6) is 0 Å². The van der Waals surface area contributed by atoms with E-state index in [1.807, 2.05) is 0 Å². The van der Waals surface area contributed by atoms with Crippen molar-refractivity contribution in [2.75, 3.05) is 13.2 Å². The molecule has 0 spiro atoms. The minimum absolute atomic E-state index is 0.0122. The lowest BCUT2D eigenvalue weighted by Gasteiger charge is -2.47. The number of hydrogen-bond donors (Lipinski definition) is 1. The van der Waals surface area contributed by atoms with Gasteiger partial charge in [-0.25, -0.2) is 0 Å². The Hall–Kier alpha value is -3.61. The summed E-state index contributed by atoms with van der Waals surface area (Å²) in [6.07, 6.45) is -10.4. The van der Waals surface area contributed by atoms with Crippen molar-refractivity contribution in [3.05, 3.63) is 70.3 Å². The van der Waals surface area contributed by atoms with Gasteiger partial charge in [0.1, 0.15) is 6.04 Å². The normalized spacial score (nSPS) is 24.5. The van der Waals surface area contributed by atoms with Crippen molar-refractivity contribution in [1.29, 1.82) is 0 Å². The van der Waals surface area contributed by atoms with E-state index < -0.39 is 76.8 Å². The number of fused-ring (bicyclic) bond motifs is 1. The van der Waals surface area contributed by atoms with Crippen molar-refractivity contribution in [3.63, 3.8) is 0 Å². The van der Waals surface area contributed by atoms with Crippen LogP contribution in [0.1, 0.15) is 65.3 Å². The summed E-state index contributed by atoms with van der Waals surface area (Å²) in [7, 11) is 0. The number of primary amides is 1. The van der Waals surface area contributed by atoms with Crippen molar-refractivity contribution in [3.8, 4) is 0 Å². The third-order valence-electron chi connectivity index (χ3n) is 7.35. The van der Waals surface area contributed by atoms with E-state index in [-0.39, 0.29) is 30.4 Å². The van der Waals surface area contributed by atoms with Crippen LogP contribution < -0.4 is 5.73 Å². The lowest BCUT2D eigenvalue weighted by molar-refractivity contribution is -0.148. The highest BCUT2D eigenvalue weighted by Gasteiger charge is 2.50. The van der Waals surface area contributed by atoms with Gasteiger partial charge in [0.2, 0.25) is 11.8 Å². The fourth-order valence-corrected chi connectivity index (χ4v) is 5.48. The molecule has 5 atom stereocenters. The Morgan fingerprint density at radius 3 is 1.98 bits per heavy atom. The largest absolute Gasteiger partial charge is 0.416 e. The molecule has 2 aliphatic rings. The molecule has 2 heterocycles. The van der Waals surface area contributed by atoms with Crippen LogP contribution in [0.15, 0.2) is 42.5 Å². The number of halogens is 6. The molecule has 0 bridgehead atoms. The van der Waals surface area contributed by atoms with Crippen molar-refractivity contribution < 1.29 is 45.5 Å². The highest BCUT2D eigenvalue weighted by molar-refractivity contribution is 6.03. The van der Waals surface area contributed by atoms with Crippen LogP contribution in [0.25, 0.3) is 0 Å². The lowest BCUT2D eigenvalue weighted by Crippen LogP contribution is -2.58. The van der Waals surface area contributed by atoms with Crippen LogP contribution in [-0.2, 0) is 26.7 Å². The number of ether oxygens (including phenoxy) is 1. The molecule has 0 radical (unpaired) electrons. The van der Waals surface area contributed by atoms with Gasteiger partial charge in [-0.1, -0.05) is 18.2 Å². The molecule has 5 unspecified atom stereocenters. The van der Waals surface area contributed by atoms with Gasteiger partial charge < -0.3 is 20.3 Å². The number of alkyl halides is 6. The molecule has 4 rings (SSSR count). The third-order valence-corrected chi connectivity index (χ3v) is 7.35. The average molecular weight is 572 g/mol. The van der Waals surface area contributed by atoms with Crippen LogP contribution in [0.2, 0.25) is 0 Å². The molecule has 216 valence electrons. The monoisotopic (exact) mass is 571 g/mol. The van der Waals surface area contributed by atoms with Crippen molar-refractivity contribution in [1.82, 2.24) is 9.80 Å². The molecule has 2 aliphatic heterocycles. The molecule has 7 nitrogen and oxygen atoms in total. The third kappa shape index (κ3) is 5.26. The average Bonchev–Trinajstić information content (AvgIpc) is 2.86. The Morgan fingerprint density at radius 1 is 0.950 bits per heavy atom. The molecule has 3 amide bonds. The summed E-state index contributed by atoms with van der Waals surface area (Å²) >= 11 is 0. The molecule has 2 aromatic carbocycles. The number of nitrogens with zero attached hydrogens (tertiary/aromatic N) is 2. The first-order valence-corrected chi connectivity index (χ1v) is 12.4. The topological polar surface area (TPSA) is 92.9 Å². The van der Waals surface area contributed by atoms with Gasteiger partial charge in [-0.3, -0.25) is 14.4 Å². The van der Waals surface area contributed by atoms with E-state index >= 15 is 0 Å². The standard InChI is InChI=1S/C27H27F6N3O4/c1-13-11-40-12-14(2)35(13)25(39)21-19-6-4-5-7-20(19)24(38)36(15(3)23(34)37)22(21)16-8-17(26(28,29)30)10-18(9-16)27(31,32)33/h4-10,13-15,21-22H,11-12H2,1-3H3,(H2,34,37). The van der Waals surface area contributed by atoms with E-state index in [9.17, 15) is 40.7 Å². The van der Waals surface area contributed by atoms with Crippen LogP contribution in [0, 0.1) is 0 Å². The number of carbonyl (C=O) groups is 3. The summed E-state index contributed by atoms with van der Waals surface area (Å²) in [5, 5.41) is 0. The Kier molecular flexibility index (Phi) is 7.65. The summed E-state index contributed by atoms with van der Waals surface area (Å²) in [6, 6.07) is 2.57. The molecule has 13 heteroatoms. The summed E-state index contributed by atoms with van der Waals surface area (Å²) in [5.74, 6) is -4.01. The summed E-state index contributed by atoms with van der Waals surface area (Å²) in [6.45, 7) is 4.89. The zero-order valence-electron chi connectivity index (χ0n) is 21.7. The van der Waals surface area contributed by atoms with Gasteiger partial charge in [0.15, 0.2) is 0 Å². The van der Waals surface area contributed by atoms with Crippen molar-refractivity contribution in [2.45, 2.75) is 63.2 Å². The SMILES string of the molecule is CC1COCC(C)N1C(=O)C1c2ccccc2C(=O)N(C(C)C(N)=O)C1c1cc(C(F)(F)F)cc(C(F)(F)F)c1. The van der Waals surface area contributed by atoms with Gasteiger partial charge in [0.25, 0.3) is 5.91 Å². The Labute approximate surface area is 225 Å². The second-order valence-electron chi connectivity index (χ2n) is 10.1. The van der Waals surface area contributed by atoms with E-state index in [2.05, 4.69) is 0 Å². The van der Waals surface area contributed by atoms with Crippen LogP contribution in [0.3, 0.4) is 0 Å². The van der Waals surface area contributed by atoms with Gasteiger partial charge in [-0.15, -0.1) is 0 Å². The van der Waals surface area contributed by atoms with Crippen molar-refractivity contribution in [2.24, 2.45) is 5.73 Å². The molecule has 0 saturated carbocycles. The fraction of sp³-hybridized carbons (Fsp3) is 0.444. The Balaban J connectivity index is 2.05. The maximum Gasteiger partial charge on any atom is 0.416 e. The smallest absolute Gasteiger partial charge is 0.377 e. The molecule has 2 N–H and O–H groups in total. The van der Waals surface area contributed by atoms with E-state index in [0.29, 0.717) is 12.1 Å². The van der Waals surface area contributed by atoms with Gasteiger partial charge in [0, 0.05) is 5.56 Å². The second-order valence-corrected chi connectivity index (χ2v) is 10.1. The van der Waals surface area contributed by atoms with Gasteiger partial charge >= 0.3 is 12.4 Å². The van der Waals surface area contributed by atoms with Crippen LogP contribution >= 0.6 is 0 Å². The zero-order valence-corrected chi connectivity index (χ0v) is 21.7. The number of nitrogens with two attached hydrogens (primary N) is 1. The zero-order chi connectivity index (χ0) is 29.7. The summed E-state index contributed by atoms with van der Waals surface area (Å²) in [4.78, 5) is 42.6. The second kappa shape index (κ2) is 10.4. The number of morpholine rings is 1. The van der Waals surface area contributed by atoms with E-state index in [1.165, 1.54) is 36.1 Å². The minimum Gasteiger partial charge on any atom is -0.377 e. The molecule has 0 aromatic heterocycles. The number of rotatable bonds is 4. The Bertz CT molecular complexity index is 1290. The van der Waals surface area contributed by atoms with Gasteiger partial charge in [0.05, 0.1) is 48.4 Å². The van der Waals surface area contributed by atoms with Crippen LogP contribution in [0.4, 0.5) is 26.3 Å². The first-order valence-electron chi connectivity index (χ1n) is 12.4. The van der Waals surface area contributed by atoms with Gasteiger partial charge in [-0.05, 0) is 56.2 Å². The lowest BCUT2D eigenvalue weighted by atomic mass is 9.77. The highest BCUT2D eigenvalue weighted by atomic mass is 19.4. The maximum absolute atomic E-state index is 14.3.